The highest BCUT2D eigenvalue weighted by molar-refractivity contribution is 7.92. The third-order valence-corrected chi connectivity index (χ3v) is 6.52. The lowest BCUT2D eigenvalue weighted by atomic mass is 10.1. The average Bonchev–Trinajstić information content (AvgIpc) is 2.73. The van der Waals surface area contributed by atoms with E-state index in [4.69, 9.17) is 9.15 Å². The molecule has 6 nitrogen and oxygen atoms in total. The van der Waals surface area contributed by atoms with E-state index in [-0.39, 0.29) is 10.3 Å². The summed E-state index contributed by atoms with van der Waals surface area (Å²) in [6, 6.07) is 18.3. The summed E-state index contributed by atoms with van der Waals surface area (Å²) in [5, 5.41) is 0.431. The van der Waals surface area contributed by atoms with Gasteiger partial charge in [-0.05, 0) is 67.9 Å². The van der Waals surface area contributed by atoms with E-state index in [1.165, 1.54) is 13.2 Å². The molecule has 1 N–H and O–H groups in total. The van der Waals surface area contributed by atoms with E-state index in [2.05, 4.69) is 4.72 Å². The second kappa shape index (κ2) is 7.92. The summed E-state index contributed by atoms with van der Waals surface area (Å²) in [6.07, 6.45) is 0. The molecule has 0 atom stereocenters. The molecule has 0 unspecified atom stereocenters. The Morgan fingerprint density at radius 1 is 0.903 bits per heavy atom. The molecule has 0 fully saturated rings. The number of hydrogen-bond acceptors (Lipinski definition) is 5. The van der Waals surface area contributed by atoms with Crippen LogP contribution in [-0.2, 0) is 10.0 Å². The van der Waals surface area contributed by atoms with Gasteiger partial charge in [-0.15, -0.1) is 0 Å². The number of anilines is 1. The van der Waals surface area contributed by atoms with E-state index < -0.39 is 10.0 Å². The number of rotatable bonds is 5. The van der Waals surface area contributed by atoms with Gasteiger partial charge >= 0.3 is 0 Å². The first-order valence-electron chi connectivity index (χ1n) is 9.59. The van der Waals surface area contributed by atoms with Crippen LogP contribution in [0.4, 0.5) is 5.69 Å². The summed E-state index contributed by atoms with van der Waals surface area (Å²) < 4.78 is 39.1. The van der Waals surface area contributed by atoms with Crippen LogP contribution in [0, 0.1) is 13.8 Å². The summed E-state index contributed by atoms with van der Waals surface area (Å²) in [4.78, 5) is 12.7. The van der Waals surface area contributed by atoms with Crippen molar-refractivity contribution in [1.82, 2.24) is 0 Å². The predicted molar refractivity (Wildman–Crippen MR) is 121 cm³/mol. The lowest BCUT2D eigenvalue weighted by Gasteiger charge is -2.11. The van der Waals surface area contributed by atoms with Gasteiger partial charge < -0.3 is 9.15 Å². The fraction of sp³-hybridized carbons (Fsp3) is 0.125. The first-order chi connectivity index (χ1) is 14.8. The summed E-state index contributed by atoms with van der Waals surface area (Å²) in [5.41, 5.74) is 3.01. The van der Waals surface area contributed by atoms with Gasteiger partial charge in [0, 0.05) is 17.3 Å². The lowest BCUT2D eigenvalue weighted by molar-refractivity contribution is 0.415. The molecule has 158 valence electrons. The van der Waals surface area contributed by atoms with Crippen molar-refractivity contribution in [3.63, 3.8) is 0 Å². The van der Waals surface area contributed by atoms with Crippen LogP contribution < -0.4 is 14.9 Å². The Morgan fingerprint density at radius 3 is 2.32 bits per heavy atom. The average molecular weight is 436 g/mol. The highest BCUT2D eigenvalue weighted by atomic mass is 32.2. The van der Waals surface area contributed by atoms with Crippen LogP contribution in [-0.4, -0.2) is 15.5 Å². The lowest BCUT2D eigenvalue weighted by Crippen LogP contribution is -2.14. The first-order valence-corrected chi connectivity index (χ1v) is 11.1. The zero-order valence-electron chi connectivity index (χ0n) is 17.3. The fourth-order valence-electron chi connectivity index (χ4n) is 3.42. The standard InChI is InChI=1S/C24H21NO5S/c1-15-4-11-24(16(2)12-15)31(27,28)25-18-7-5-17(6-8-18)23-14-21(26)20-13-19(29-3)9-10-22(20)30-23/h4-14,25H,1-3H3. The van der Waals surface area contributed by atoms with Crippen molar-refractivity contribution in [3.8, 4) is 17.1 Å². The van der Waals surface area contributed by atoms with Crippen molar-refractivity contribution in [3.05, 3.63) is 88.1 Å². The normalized spacial score (nSPS) is 11.5. The van der Waals surface area contributed by atoms with Gasteiger partial charge in [0.2, 0.25) is 0 Å². The maximum Gasteiger partial charge on any atom is 0.262 e. The van der Waals surface area contributed by atoms with E-state index in [9.17, 15) is 13.2 Å². The van der Waals surface area contributed by atoms with E-state index in [0.29, 0.717) is 39.3 Å². The molecule has 0 amide bonds. The van der Waals surface area contributed by atoms with E-state index in [1.807, 2.05) is 13.0 Å². The highest BCUT2D eigenvalue weighted by Crippen LogP contribution is 2.27. The molecule has 31 heavy (non-hydrogen) atoms. The molecule has 3 aromatic carbocycles. The summed E-state index contributed by atoms with van der Waals surface area (Å²) >= 11 is 0. The monoisotopic (exact) mass is 435 g/mol. The van der Waals surface area contributed by atoms with Crippen LogP contribution in [0.25, 0.3) is 22.3 Å². The third-order valence-electron chi connectivity index (χ3n) is 4.98. The van der Waals surface area contributed by atoms with Gasteiger partial charge in [-0.1, -0.05) is 17.7 Å². The molecule has 1 heterocycles. The van der Waals surface area contributed by atoms with Crippen molar-refractivity contribution in [2.75, 3.05) is 11.8 Å². The van der Waals surface area contributed by atoms with Gasteiger partial charge in [0.15, 0.2) is 5.43 Å². The van der Waals surface area contributed by atoms with Gasteiger partial charge in [-0.3, -0.25) is 9.52 Å². The highest BCUT2D eigenvalue weighted by Gasteiger charge is 2.17. The number of hydrogen-bond donors (Lipinski definition) is 1. The minimum Gasteiger partial charge on any atom is -0.497 e. The van der Waals surface area contributed by atoms with Crippen LogP contribution >= 0.6 is 0 Å². The minimum atomic E-state index is -3.72. The van der Waals surface area contributed by atoms with Crippen LogP contribution in [0.3, 0.4) is 0 Å². The van der Waals surface area contributed by atoms with Crippen molar-refractivity contribution >= 4 is 26.7 Å². The van der Waals surface area contributed by atoms with E-state index in [0.717, 1.165) is 5.56 Å². The molecule has 1 aromatic heterocycles. The molecular formula is C24H21NO5S. The Hall–Kier alpha value is -3.58. The zero-order valence-corrected chi connectivity index (χ0v) is 18.1. The minimum absolute atomic E-state index is 0.185. The van der Waals surface area contributed by atoms with Crippen LogP contribution in [0.15, 0.2) is 80.8 Å². The number of aryl methyl sites for hydroxylation is 2. The Balaban J connectivity index is 1.63. The number of nitrogens with one attached hydrogen (secondary N) is 1. The molecule has 0 aliphatic heterocycles. The maximum atomic E-state index is 12.8. The smallest absolute Gasteiger partial charge is 0.262 e. The Bertz CT molecular complexity index is 1440. The topological polar surface area (TPSA) is 85.6 Å². The maximum absolute atomic E-state index is 12.8. The molecule has 4 rings (SSSR count). The van der Waals surface area contributed by atoms with Crippen molar-refractivity contribution in [2.24, 2.45) is 0 Å². The molecule has 0 saturated carbocycles. The van der Waals surface area contributed by atoms with Gasteiger partial charge in [0.25, 0.3) is 10.0 Å². The third kappa shape index (κ3) is 4.18. The molecular weight excluding hydrogens is 414 g/mol. The second-order valence-corrected chi connectivity index (χ2v) is 8.94. The van der Waals surface area contributed by atoms with Crippen LogP contribution in [0.5, 0.6) is 5.75 Å². The first kappa shape index (κ1) is 20.7. The fourth-order valence-corrected chi connectivity index (χ4v) is 4.70. The van der Waals surface area contributed by atoms with Gasteiger partial charge in [0.1, 0.15) is 17.1 Å². The molecule has 0 bridgehead atoms. The molecule has 0 radical (unpaired) electrons. The van der Waals surface area contributed by atoms with Crippen molar-refractivity contribution in [2.45, 2.75) is 18.7 Å². The number of benzene rings is 3. The Kier molecular flexibility index (Phi) is 5.29. The number of sulfonamides is 1. The number of ether oxygens (including phenoxy) is 1. The second-order valence-electron chi connectivity index (χ2n) is 7.29. The summed E-state index contributed by atoms with van der Waals surface area (Å²) in [6.45, 7) is 3.68. The van der Waals surface area contributed by atoms with Crippen molar-refractivity contribution < 1.29 is 17.6 Å². The van der Waals surface area contributed by atoms with Crippen molar-refractivity contribution in [1.29, 1.82) is 0 Å². The molecule has 0 saturated heterocycles. The van der Waals surface area contributed by atoms with Gasteiger partial charge in [-0.25, -0.2) is 8.42 Å². The van der Waals surface area contributed by atoms with Crippen LogP contribution in [0.2, 0.25) is 0 Å². The molecule has 0 spiro atoms. The SMILES string of the molecule is COc1ccc2oc(-c3ccc(NS(=O)(=O)c4ccc(C)cc4C)cc3)cc(=O)c2c1. The molecule has 0 aliphatic carbocycles. The van der Waals surface area contributed by atoms with E-state index >= 15 is 0 Å². The molecule has 0 aliphatic rings. The number of methoxy groups -OCH3 is 1. The zero-order chi connectivity index (χ0) is 22.2. The van der Waals surface area contributed by atoms with Crippen LogP contribution in [0.1, 0.15) is 11.1 Å². The van der Waals surface area contributed by atoms with E-state index in [1.54, 1.807) is 61.5 Å². The largest absolute Gasteiger partial charge is 0.497 e. The quantitative estimate of drug-likeness (QED) is 0.483. The predicted octanol–water partition coefficient (Wildman–Crippen LogP) is 4.89. The molecule has 4 aromatic rings. The Labute approximate surface area is 180 Å². The summed E-state index contributed by atoms with van der Waals surface area (Å²) in [7, 11) is -2.18. The summed E-state index contributed by atoms with van der Waals surface area (Å²) in [5.74, 6) is 0.972. The van der Waals surface area contributed by atoms with Gasteiger partial charge in [0.05, 0.1) is 17.4 Å². The number of fused-ring (bicyclic) bond motifs is 1. The van der Waals surface area contributed by atoms with Gasteiger partial charge in [-0.2, -0.15) is 0 Å². The molecule has 7 heteroatoms. The Morgan fingerprint density at radius 2 is 1.65 bits per heavy atom.